The summed E-state index contributed by atoms with van der Waals surface area (Å²) in [6.07, 6.45) is 0. The molecule has 0 aliphatic heterocycles. The van der Waals surface area contributed by atoms with Gasteiger partial charge in [0.15, 0.2) is 11.6 Å². The van der Waals surface area contributed by atoms with Crippen molar-refractivity contribution >= 4 is 11.5 Å². The third-order valence-electron chi connectivity index (χ3n) is 1.77. The first-order valence-electron chi connectivity index (χ1n) is 4.66. The molecule has 1 rings (SSSR count). The van der Waals surface area contributed by atoms with E-state index in [1.807, 2.05) is 6.92 Å². The molecule has 0 amide bonds. The second-order valence-corrected chi connectivity index (χ2v) is 2.87. The van der Waals surface area contributed by atoms with E-state index in [4.69, 9.17) is 15.2 Å². The van der Waals surface area contributed by atoms with Crippen molar-refractivity contribution in [2.24, 2.45) is 0 Å². The second kappa shape index (κ2) is 5.35. The first-order chi connectivity index (χ1) is 7.22. The highest BCUT2D eigenvalue weighted by atomic mass is 16.5. The number of nitrogens with zero attached hydrogens (tertiary/aromatic N) is 2. The Morgan fingerprint density at radius 2 is 2.07 bits per heavy atom. The van der Waals surface area contributed by atoms with Crippen LogP contribution in [0, 0.1) is 0 Å². The van der Waals surface area contributed by atoms with Gasteiger partial charge in [-0.2, -0.15) is 4.98 Å². The molecule has 0 aromatic carbocycles. The minimum Gasteiger partial charge on any atom is -0.479 e. The van der Waals surface area contributed by atoms with Crippen LogP contribution in [-0.4, -0.2) is 30.7 Å². The van der Waals surface area contributed by atoms with Gasteiger partial charge in [-0.3, -0.25) is 0 Å². The quantitative estimate of drug-likeness (QED) is 0.745. The van der Waals surface area contributed by atoms with Crippen LogP contribution in [0.5, 0.6) is 5.88 Å². The van der Waals surface area contributed by atoms with E-state index < -0.39 is 0 Å². The number of nitrogens with one attached hydrogen (secondary N) is 1. The third kappa shape index (κ3) is 2.69. The Morgan fingerprint density at radius 1 is 1.33 bits per heavy atom. The molecular weight excluding hydrogens is 196 g/mol. The highest BCUT2D eigenvalue weighted by molar-refractivity contribution is 5.66. The summed E-state index contributed by atoms with van der Waals surface area (Å²) in [5.74, 6) is 1.49. The summed E-state index contributed by atoms with van der Waals surface area (Å²) in [6.45, 7) is 3.02. The summed E-state index contributed by atoms with van der Waals surface area (Å²) in [5.41, 5.74) is 6.21. The Hall–Kier alpha value is -1.56. The molecule has 0 aliphatic carbocycles. The molecule has 6 nitrogen and oxygen atoms in total. The van der Waals surface area contributed by atoms with Crippen molar-refractivity contribution in [1.29, 1.82) is 0 Å². The molecule has 0 unspecified atom stereocenters. The number of rotatable bonds is 5. The predicted molar refractivity (Wildman–Crippen MR) is 57.9 cm³/mol. The van der Waals surface area contributed by atoms with Crippen LogP contribution in [0.25, 0.3) is 0 Å². The Balaban J connectivity index is 3.07. The Morgan fingerprint density at radius 3 is 2.60 bits per heavy atom. The molecule has 1 aromatic heterocycles. The minimum absolute atomic E-state index is 0.328. The largest absolute Gasteiger partial charge is 0.479 e. The Kier molecular flexibility index (Phi) is 4.11. The Bertz CT molecular complexity index is 330. The van der Waals surface area contributed by atoms with E-state index in [-0.39, 0.29) is 0 Å². The van der Waals surface area contributed by atoms with Gasteiger partial charge in [0, 0.05) is 13.7 Å². The Labute approximate surface area is 88.8 Å². The van der Waals surface area contributed by atoms with Crippen LogP contribution in [0.2, 0.25) is 0 Å². The number of hydrogen-bond acceptors (Lipinski definition) is 6. The van der Waals surface area contributed by atoms with E-state index in [1.165, 1.54) is 7.11 Å². The summed E-state index contributed by atoms with van der Waals surface area (Å²) in [7, 11) is 3.10. The van der Waals surface area contributed by atoms with Crippen LogP contribution < -0.4 is 15.8 Å². The number of hydrogen-bond donors (Lipinski definition) is 2. The van der Waals surface area contributed by atoms with Gasteiger partial charge >= 0.3 is 0 Å². The smallest absolute Gasteiger partial charge is 0.242 e. The van der Waals surface area contributed by atoms with Gasteiger partial charge in [0.25, 0.3) is 0 Å². The lowest BCUT2D eigenvalue weighted by atomic mass is 10.4. The maximum absolute atomic E-state index is 5.79. The fourth-order valence-corrected chi connectivity index (χ4v) is 1.14. The van der Waals surface area contributed by atoms with E-state index in [9.17, 15) is 0 Å². The van der Waals surface area contributed by atoms with Crippen LogP contribution in [0.1, 0.15) is 12.7 Å². The second-order valence-electron chi connectivity index (χ2n) is 2.87. The van der Waals surface area contributed by atoms with Crippen molar-refractivity contribution in [2.75, 3.05) is 31.8 Å². The molecule has 0 saturated heterocycles. The molecule has 1 aromatic rings. The maximum Gasteiger partial charge on any atom is 0.242 e. The van der Waals surface area contributed by atoms with E-state index in [0.29, 0.717) is 29.8 Å². The van der Waals surface area contributed by atoms with Crippen molar-refractivity contribution in [3.8, 4) is 5.88 Å². The number of ether oxygens (including phenoxy) is 2. The zero-order valence-corrected chi connectivity index (χ0v) is 9.20. The van der Waals surface area contributed by atoms with E-state index in [1.54, 1.807) is 7.11 Å². The van der Waals surface area contributed by atoms with Crippen LogP contribution >= 0.6 is 0 Å². The molecule has 0 atom stereocenters. The molecule has 0 aliphatic rings. The number of aromatic nitrogens is 2. The van der Waals surface area contributed by atoms with Crippen molar-refractivity contribution in [3.05, 3.63) is 5.82 Å². The van der Waals surface area contributed by atoms with Gasteiger partial charge in [-0.25, -0.2) is 4.98 Å². The van der Waals surface area contributed by atoms with Gasteiger partial charge in [0.1, 0.15) is 12.3 Å². The van der Waals surface area contributed by atoms with E-state index >= 15 is 0 Å². The first kappa shape index (κ1) is 11.5. The fourth-order valence-electron chi connectivity index (χ4n) is 1.14. The number of methoxy groups -OCH3 is 2. The average molecular weight is 212 g/mol. The summed E-state index contributed by atoms with van der Waals surface area (Å²) in [5, 5.41) is 3.04. The van der Waals surface area contributed by atoms with Gasteiger partial charge in [-0.05, 0) is 6.92 Å². The number of anilines is 2. The van der Waals surface area contributed by atoms with Crippen molar-refractivity contribution in [3.63, 3.8) is 0 Å². The van der Waals surface area contributed by atoms with E-state index in [2.05, 4.69) is 15.3 Å². The summed E-state index contributed by atoms with van der Waals surface area (Å²) in [4.78, 5) is 8.31. The molecule has 6 heteroatoms. The lowest BCUT2D eigenvalue weighted by Crippen LogP contribution is -2.09. The number of nitrogen functional groups attached to an aromatic ring is 1. The molecule has 0 spiro atoms. The zero-order valence-electron chi connectivity index (χ0n) is 9.20. The monoisotopic (exact) mass is 212 g/mol. The first-order valence-corrected chi connectivity index (χ1v) is 4.66. The molecule has 15 heavy (non-hydrogen) atoms. The van der Waals surface area contributed by atoms with E-state index in [0.717, 1.165) is 6.54 Å². The predicted octanol–water partition coefficient (Wildman–Crippen LogP) is 0.646. The maximum atomic E-state index is 5.79. The zero-order chi connectivity index (χ0) is 11.3. The van der Waals surface area contributed by atoms with Crippen molar-refractivity contribution in [1.82, 2.24) is 9.97 Å². The molecule has 3 N–H and O–H groups in total. The normalized spacial score (nSPS) is 10.1. The molecule has 84 valence electrons. The van der Waals surface area contributed by atoms with Crippen LogP contribution in [0.15, 0.2) is 0 Å². The van der Waals surface area contributed by atoms with Gasteiger partial charge < -0.3 is 20.5 Å². The van der Waals surface area contributed by atoms with Crippen LogP contribution in [0.4, 0.5) is 11.5 Å². The third-order valence-corrected chi connectivity index (χ3v) is 1.77. The standard InChI is InChI=1S/C9H16N4O2/c1-4-11-8-7(10)9(15-3)13-6(12-8)5-14-2/h4-5,10H2,1-3H3,(H,11,12,13). The van der Waals surface area contributed by atoms with Gasteiger partial charge in [0.2, 0.25) is 5.88 Å². The van der Waals surface area contributed by atoms with Crippen LogP contribution in [-0.2, 0) is 11.3 Å². The molecule has 0 bridgehead atoms. The minimum atomic E-state index is 0.328. The highest BCUT2D eigenvalue weighted by Gasteiger charge is 2.11. The average Bonchev–Trinajstić information content (AvgIpc) is 2.23. The molecule has 0 saturated carbocycles. The SMILES string of the molecule is CCNc1nc(COC)nc(OC)c1N. The lowest BCUT2D eigenvalue weighted by molar-refractivity contribution is 0.177. The topological polar surface area (TPSA) is 82.3 Å². The van der Waals surface area contributed by atoms with Crippen molar-refractivity contribution in [2.45, 2.75) is 13.5 Å². The molecular formula is C9H16N4O2. The van der Waals surface area contributed by atoms with Gasteiger partial charge in [-0.1, -0.05) is 0 Å². The van der Waals surface area contributed by atoms with Crippen molar-refractivity contribution < 1.29 is 9.47 Å². The summed E-state index contributed by atoms with van der Waals surface area (Å²) < 4.78 is 10.00. The molecule has 0 fully saturated rings. The fraction of sp³-hybridized carbons (Fsp3) is 0.556. The lowest BCUT2D eigenvalue weighted by Gasteiger charge is -2.11. The van der Waals surface area contributed by atoms with Crippen LogP contribution in [0.3, 0.4) is 0 Å². The molecule has 0 radical (unpaired) electrons. The summed E-state index contributed by atoms with van der Waals surface area (Å²) in [6, 6.07) is 0. The number of nitrogens with two attached hydrogens (primary N) is 1. The van der Waals surface area contributed by atoms with Gasteiger partial charge in [0.05, 0.1) is 7.11 Å². The molecule has 1 heterocycles. The van der Waals surface area contributed by atoms with Gasteiger partial charge in [-0.15, -0.1) is 0 Å². The summed E-state index contributed by atoms with van der Waals surface area (Å²) >= 11 is 0. The highest BCUT2D eigenvalue weighted by Crippen LogP contribution is 2.25.